The molecule has 3 rings (SSSR count). The topological polar surface area (TPSA) is 43.8 Å². The van der Waals surface area contributed by atoms with Crippen molar-refractivity contribution in [2.45, 2.75) is 25.5 Å². The van der Waals surface area contributed by atoms with Crippen molar-refractivity contribution in [3.8, 4) is 0 Å². The molecule has 2 aromatic carbocycles. The normalized spacial score (nSPS) is 20.9. The first-order chi connectivity index (χ1) is 13.3. The Labute approximate surface area is 176 Å². The molecule has 6 heteroatoms. The Morgan fingerprint density at radius 3 is 2.50 bits per heavy atom. The number of halogens is 2. The molecule has 3 atom stereocenters. The predicted octanol–water partition coefficient (Wildman–Crippen LogP) is 4.05. The average molecular weight is 421 g/mol. The molecule has 1 N–H and O–H groups in total. The van der Waals surface area contributed by atoms with Gasteiger partial charge in [0, 0.05) is 26.7 Å². The summed E-state index contributed by atoms with van der Waals surface area (Å²) in [5.74, 6) is 0.258. The minimum atomic E-state index is -0.311. The fourth-order valence-corrected chi connectivity index (χ4v) is 4.01. The number of hydrogen-bond donors (Lipinski definition) is 1. The molecule has 1 aliphatic heterocycles. The van der Waals surface area contributed by atoms with Gasteiger partial charge in [-0.3, -0.25) is 9.69 Å². The molecule has 0 saturated carbocycles. The van der Waals surface area contributed by atoms with Crippen LogP contribution in [0.2, 0.25) is 10.0 Å². The maximum absolute atomic E-state index is 13.0. The predicted molar refractivity (Wildman–Crippen MR) is 114 cm³/mol. The van der Waals surface area contributed by atoms with Crippen LogP contribution in [0.4, 0.5) is 0 Å². The summed E-state index contributed by atoms with van der Waals surface area (Å²) in [6.45, 7) is 4.22. The lowest BCUT2D eigenvalue weighted by molar-refractivity contribution is -0.131. The Hall–Kier alpha value is -1.59. The van der Waals surface area contributed by atoms with Crippen molar-refractivity contribution in [2.75, 3.05) is 26.7 Å². The third-order valence-corrected chi connectivity index (χ3v) is 6.20. The largest absolute Gasteiger partial charge is 0.391 e. The van der Waals surface area contributed by atoms with E-state index in [0.29, 0.717) is 23.1 Å². The summed E-state index contributed by atoms with van der Waals surface area (Å²) in [5, 5.41) is 11.0. The molecule has 0 aromatic heterocycles. The first kappa shape index (κ1) is 21.1. The van der Waals surface area contributed by atoms with Gasteiger partial charge in [0.15, 0.2) is 0 Å². The zero-order chi connectivity index (χ0) is 20.3. The summed E-state index contributed by atoms with van der Waals surface area (Å²) in [6.07, 6.45) is -0.0518. The third-order valence-electron chi connectivity index (χ3n) is 5.46. The van der Waals surface area contributed by atoms with Crippen molar-refractivity contribution in [2.24, 2.45) is 5.92 Å². The number of β-amino-alcohol motifs (C(OH)–C–C–N with tert-alkyl or cyclic N) is 1. The van der Waals surface area contributed by atoms with Crippen LogP contribution in [0.1, 0.15) is 24.1 Å². The number of aliphatic hydroxyl groups excluding tert-OH is 1. The third kappa shape index (κ3) is 5.06. The van der Waals surface area contributed by atoms with Gasteiger partial charge in [0.05, 0.1) is 28.6 Å². The summed E-state index contributed by atoms with van der Waals surface area (Å²) < 4.78 is 0. The van der Waals surface area contributed by atoms with Crippen LogP contribution >= 0.6 is 23.2 Å². The molecule has 0 aliphatic carbocycles. The standard InChI is InChI=1S/C22H26Cl2N2O2/c1-15-12-26(14-21(15)27)13-20(17-6-4-3-5-7-17)25(2)22(28)11-16-8-9-18(23)19(24)10-16/h3-10,15,20-21,27H,11-14H2,1-2H3/t15-,20-,21-/m1/s1. The Morgan fingerprint density at radius 1 is 1.18 bits per heavy atom. The summed E-state index contributed by atoms with van der Waals surface area (Å²) in [5.41, 5.74) is 1.92. The van der Waals surface area contributed by atoms with E-state index in [0.717, 1.165) is 17.7 Å². The van der Waals surface area contributed by atoms with Crippen molar-refractivity contribution >= 4 is 29.1 Å². The first-order valence-electron chi connectivity index (χ1n) is 9.50. The second kappa shape index (κ2) is 9.27. The number of nitrogens with zero attached hydrogens (tertiary/aromatic N) is 2. The van der Waals surface area contributed by atoms with Gasteiger partial charge in [-0.25, -0.2) is 0 Å². The van der Waals surface area contributed by atoms with E-state index in [2.05, 4.69) is 11.8 Å². The molecule has 1 amide bonds. The van der Waals surface area contributed by atoms with Gasteiger partial charge in [-0.15, -0.1) is 0 Å². The maximum Gasteiger partial charge on any atom is 0.227 e. The van der Waals surface area contributed by atoms with E-state index in [4.69, 9.17) is 23.2 Å². The highest BCUT2D eigenvalue weighted by Crippen LogP contribution is 2.27. The summed E-state index contributed by atoms with van der Waals surface area (Å²) in [6, 6.07) is 15.2. The summed E-state index contributed by atoms with van der Waals surface area (Å²) >= 11 is 12.1. The van der Waals surface area contributed by atoms with Gasteiger partial charge in [0.2, 0.25) is 5.91 Å². The smallest absolute Gasteiger partial charge is 0.227 e. The van der Waals surface area contributed by atoms with E-state index in [-0.39, 0.29) is 30.4 Å². The molecule has 150 valence electrons. The molecule has 1 fully saturated rings. The molecular formula is C22H26Cl2N2O2. The molecule has 1 heterocycles. The summed E-state index contributed by atoms with van der Waals surface area (Å²) in [4.78, 5) is 17.0. The second-order valence-corrected chi connectivity index (χ2v) is 8.43. The lowest BCUT2D eigenvalue weighted by Gasteiger charge is -2.32. The molecule has 0 bridgehead atoms. The number of hydrogen-bond acceptors (Lipinski definition) is 3. The molecule has 0 spiro atoms. The zero-order valence-electron chi connectivity index (χ0n) is 16.2. The highest BCUT2D eigenvalue weighted by molar-refractivity contribution is 6.42. The number of carbonyl (C=O) groups is 1. The molecule has 2 aromatic rings. The molecule has 0 radical (unpaired) electrons. The van der Waals surface area contributed by atoms with Gasteiger partial charge < -0.3 is 10.0 Å². The monoisotopic (exact) mass is 420 g/mol. The number of amides is 1. The second-order valence-electron chi connectivity index (χ2n) is 7.62. The van der Waals surface area contributed by atoms with Crippen molar-refractivity contribution < 1.29 is 9.90 Å². The zero-order valence-corrected chi connectivity index (χ0v) is 17.7. The molecule has 1 aliphatic rings. The summed E-state index contributed by atoms with van der Waals surface area (Å²) in [7, 11) is 1.84. The van der Waals surface area contributed by atoms with Crippen LogP contribution in [0.25, 0.3) is 0 Å². The first-order valence-corrected chi connectivity index (χ1v) is 10.3. The SMILES string of the molecule is C[C@@H]1CN(C[C@H](c2ccccc2)N(C)C(=O)Cc2ccc(Cl)c(Cl)c2)C[C@H]1O. The Bertz CT molecular complexity index is 805. The van der Waals surface area contributed by atoms with Crippen LogP contribution in [0.15, 0.2) is 48.5 Å². The van der Waals surface area contributed by atoms with E-state index in [1.807, 2.05) is 43.4 Å². The van der Waals surface area contributed by atoms with Crippen LogP contribution in [0.5, 0.6) is 0 Å². The number of benzene rings is 2. The lowest BCUT2D eigenvalue weighted by atomic mass is 10.0. The van der Waals surface area contributed by atoms with E-state index in [1.54, 1.807) is 17.0 Å². The van der Waals surface area contributed by atoms with Gasteiger partial charge in [0.25, 0.3) is 0 Å². The van der Waals surface area contributed by atoms with Crippen molar-refractivity contribution in [3.05, 3.63) is 69.7 Å². The van der Waals surface area contributed by atoms with Crippen molar-refractivity contribution in [3.63, 3.8) is 0 Å². The minimum Gasteiger partial charge on any atom is -0.391 e. The fourth-order valence-electron chi connectivity index (χ4n) is 3.69. The number of carbonyl (C=O) groups excluding carboxylic acids is 1. The van der Waals surface area contributed by atoms with Gasteiger partial charge >= 0.3 is 0 Å². The van der Waals surface area contributed by atoms with Gasteiger partial charge in [0.1, 0.15) is 0 Å². The van der Waals surface area contributed by atoms with E-state index >= 15 is 0 Å². The van der Waals surface area contributed by atoms with Crippen LogP contribution < -0.4 is 0 Å². The van der Waals surface area contributed by atoms with E-state index in [1.165, 1.54) is 0 Å². The minimum absolute atomic E-state index is 0.0139. The molecule has 28 heavy (non-hydrogen) atoms. The van der Waals surface area contributed by atoms with Crippen LogP contribution in [-0.2, 0) is 11.2 Å². The molecule has 4 nitrogen and oxygen atoms in total. The van der Waals surface area contributed by atoms with Gasteiger partial charge in [-0.2, -0.15) is 0 Å². The Morgan fingerprint density at radius 2 is 1.89 bits per heavy atom. The van der Waals surface area contributed by atoms with Crippen LogP contribution in [0.3, 0.4) is 0 Å². The van der Waals surface area contributed by atoms with Crippen molar-refractivity contribution in [1.29, 1.82) is 0 Å². The average Bonchev–Trinajstić information content (AvgIpc) is 3.00. The van der Waals surface area contributed by atoms with Crippen LogP contribution in [-0.4, -0.2) is 53.6 Å². The molecule has 0 unspecified atom stereocenters. The van der Waals surface area contributed by atoms with Crippen LogP contribution in [0, 0.1) is 5.92 Å². The molecule has 1 saturated heterocycles. The fraction of sp³-hybridized carbons (Fsp3) is 0.409. The van der Waals surface area contributed by atoms with E-state index < -0.39 is 0 Å². The highest BCUT2D eigenvalue weighted by atomic mass is 35.5. The lowest BCUT2D eigenvalue weighted by Crippen LogP contribution is -2.39. The van der Waals surface area contributed by atoms with Crippen molar-refractivity contribution in [1.82, 2.24) is 9.80 Å². The highest BCUT2D eigenvalue weighted by Gasteiger charge is 2.31. The Balaban J connectivity index is 1.76. The quantitative estimate of drug-likeness (QED) is 0.766. The van der Waals surface area contributed by atoms with Gasteiger partial charge in [-0.1, -0.05) is 66.5 Å². The number of aliphatic hydroxyl groups is 1. The number of rotatable bonds is 6. The van der Waals surface area contributed by atoms with E-state index in [9.17, 15) is 9.90 Å². The maximum atomic E-state index is 13.0. The Kier molecular flexibility index (Phi) is 7.00. The van der Waals surface area contributed by atoms with Gasteiger partial charge in [-0.05, 0) is 29.2 Å². The number of likely N-dealkylation sites (tertiary alicyclic amines) is 1. The number of likely N-dealkylation sites (N-methyl/N-ethyl adjacent to an activating group) is 1. The molecular weight excluding hydrogens is 395 g/mol.